The van der Waals surface area contributed by atoms with Crippen molar-refractivity contribution in [2.45, 2.75) is 6.42 Å². The molecule has 3 rings (SSSR count). The minimum absolute atomic E-state index is 0.575. The van der Waals surface area contributed by atoms with Gasteiger partial charge in [0.25, 0.3) is 0 Å². The number of nitrogens with two attached hydrogens (primary N) is 1. The molecule has 3 aromatic heterocycles. The Kier molecular flexibility index (Phi) is 2.74. The summed E-state index contributed by atoms with van der Waals surface area (Å²) in [6, 6.07) is 5.76. The smallest absolute Gasteiger partial charge is 0.158 e. The third kappa shape index (κ3) is 1.74. The van der Waals surface area contributed by atoms with E-state index in [2.05, 4.69) is 15.1 Å². The van der Waals surface area contributed by atoms with Crippen LogP contribution in [0.15, 0.2) is 43.0 Å². The fourth-order valence-corrected chi connectivity index (χ4v) is 2.04. The van der Waals surface area contributed by atoms with E-state index in [-0.39, 0.29) is 0 Å². The lowest BCUT2D eigenvalue weighted by molar-refractivity contribution is 0.941. The van der Waals surface area contributed by atoms with Gasteiger partial charge >= 0.3 is 0 Å². The SMILES string of the molecule is NCCc1c(-c2cccnc2)nn2cccnc12. The second-order valence-electron chi connectivity index (χ2n) is 4.00. The zero-order valence-corrected chi connectivity index (χ0v) is 9.82. The van der Waals surface area contributed by atoms with Crippen molar-refractivity contribution < 1.29 is 0 Å². The second kappa shape index (κ2) is 4.54. The first-order chi connectivity index (χ1) is 8.90. The summed E-state index contributed by atoms with van der Waals surface area (Å²) in [4.78, 5) is 8.50. The van der Waals surface area contributed by atoms with E-state index in [0.717, 1.165) is 28.9 Å². The van der Waals surface area contributed by atoms with Gasteiger partial charge in [0.2, 0.25) is 0 Å². The Hall–Kier alpha value is -2.27. The summed E-state index contributed by atoms with van der Waals surface area (Å²) in [5.41, 5.74) is 9.52. The molecule has 0 atom stereocenters. The van der Waals surface area contributed by atoms with Crippen molar-refractivity contribution in [2.75, 3.05) is 6.54 Å². The summed E-state index contributed by atoms with van der Waals surface area (Å²) in [6.07, 6.45) is 7.97. The van der Waals surface area contributed by atoms with Gasteiger partial charge in [-0.05, 0) is 31.2 Å². The Morgan fingerprint density at radius 3 is 2.94 bits per heavy atom. The molecule has 90 valence electrons. The Morgan fingerprint density at radius 1 is 1.22 bits per heavy atom. The van der Waals surface area contributed by atoms with E-state index < -0.39 is 0 Å². The van der Waals surface area contributed by atoms with Crippen LogP contribution in [0.25, 0.3) is 16.9 Å². The highest BCUT2D eigenvalue weighted by molar-refractivity contribution is 5.69. The number of hydrogen-bond donors (Lipinski definition) is 1. The van der Waals surface area contributed by atoms with Crippen LogP contribution in [0.2, 0.25) is 0 Å². The lowest BCUT2D eigenvalue weighted by Crippen LogP contribution is -2.03. The molecule has 0 aliphatic carbocycles. The molecular weight excluding hydrogens is 226 g/mol. The zero-order valence-electron chi connectivity index (χ0n) is 9.82. The predicted octanol–water partition coefficient (Wildman–Crippen LogP) is 1.29. The van der Waals surface area contributed by atoms with E-state index in [1.54, 1.807) is 16.9 Å². The molecule has 0 radical (unpaired) electrons. The number of fused-ring (bicyclic) bond motifs is 1. The van der Waals surface area contributed by atoms with Crippen molar-refractivity contribution in [3.8, 4) is 11.3 Å². The third-order valence-electron chi connectivity index (χ3n) is 2.82. The molecule has 0 aromatic carbocycles. The average molecular weight is 239 g/mol. The van der Waals surface area contributed by atoms with E-state index in [9.17, 15) is 0 Å². The van der Waals surface area contributed by atoms with Gasteiger partial charge in [0.1, 0.15) is 0 Å². The van der Waals surface area contributed by atoms with Crippen molar-refractivity contribution in [2.24, 2.45) is 5.73 Å². The summed E-state index contributed by atoms with van der Waals surface area (Å²) in [7, 11) is 0. The maximum Gasteiger partial charge on any atom is 0.158 e. The molecule has 0 spiro atoms. The number of rotatable bonds is 3. The molecule has 0 saturated carbocycles. The van der Waals surface area contributed by atoms with E-state index >= 15 is 0 Å². The number of pyridine rings is 1. The molecule has 0 amide bonds. The quantitative estimate of drug-likeness (QED) is 0.747. The van der Waals surface area contributed by atoms with Gasteiger partial charge in [-0.15, -0.1) is 0 Å². The van der Waals surface area contributed by atoms with Gasteiger partial charge in [-0.25, -0.2) is 9.50 Å². The first kappa shape index (κ1) is 10.9. The molecule has 5 heteroatoms. The summed E-state index contributed by atoms with van der Waals surface area (Å²) >= 11 is 0. The lowest BCUT2D eigenvalue weighted by atomic mass is 10.1. The van der Waals surface area contributed by atoms with Crippen LogP contribution in [0.5, 0.6) is 0 Å². The highest BCUT2D eigenvalue weighted by Crippen LogP contribution is 2.24. The van der Waals surface area contributed by atoms with E-state index in [4.69, 9.17) is 5.73 Å². The highest BCUT2D eigenvalue weighted by atomic mass is 15.2. The Labute approximate surface area is 104 Å². The molecule has 0 aliphatic rings. The fourth-order valence-electron chi connectivity index (χ4n) is 2.04. The van der Waals surface area contributed by atoms with Crippen LogP contribution < -0.4 is 5.73 Å². The Morgan fingerprint density at radius 2 is 2.17 bits per heavy atom. The van der Waals surface area contributed by atoms with Crippen molar-refractivity contribution in [1.82, 2.24) is 19.6 Å². The van der Waals surface area contributed by atoms with Gasteiger partial charge < -0.3 is 5.73 Å². The van der Waals surface area contributed by atoms with E-state index in [1.807, 2.05) is 30.6 Å². The van der Waals surface area contributed by atoms with Gasteiger partial charge in [0.05, 0.1) is 5.69 Å². The Bertz CT molecular complexity index is 659. The largest absolute Gasteiger partial charge is 0.330 e. The molecule has 3 aromatic rings. The summed E-state index contributed by atoms with van der Waals surface area (Å²) < 4.78 is 1.79. The lowest BCUT2D eigenvalue weighted by Gasteiger charge is -2.00. The third-order valence-corrected chi connectivity index (χ3v) is 2.82. The summed E-state index contributed by atoms with van der Waals surface area (Å²) in [5.74, 6) is 0. The van der Waals surface area contributed by atoms with Gasteiger partial charge in [0, 0.05) is 35.9 Å². The minimum atomic E-state index is 0.575. The van der Waals surface area contributed by atoms with Crippen molar-refractivity contribution in [3.05, 3.63) is 48.5 Å². The maximum atomic E-state index is 5.68. The normalized spacial score (nSPS) is 10.9. The monoisotopic (exact) mass is 239 g/mol. The summed E-state index contributed by atoms with van der Waals surface area (Å²) in [6.45, 7) is 0.575. The number of hydrogen-bond acceptors (Lipinski definition) is 4. The standard InChI is InChI=1S/C13H13N5/c14-5-4-11-12(10-3-1-6-15-9-10)17-18-8-2-7-16-13(11)18/h1-3,6-9H,4-5,14H2. The molecule has 5 nitrogen and oxygen atoms in total. The minimum Gasteiger partial charge on any atom is -0.330 e. The first-order valence-electron chi connectivity index (χ1n) is 5.83. The molecule has 0 unspecified atom stereocenters. The van der Waals surface area contributed by atoms with Crippen LogP contribution in [0.1, 0.15) is 5.56 Å². The predicted molar refractivity (Wildman–Crippen MR) is 69.0 cm³/mol. The molecule has 3 heterocycles. The van der Waals surface area contributed by atoms with Gasteiger partial charge in [-0.1, -0.05) is 0 Å². The second-order valence-corrected chi connectivity index (χ2v) is 4.00. The van der Waals surface area contributed by atoms with Crippen LogP contribution in [0.3, 0.4) is 0 Å². The van der Waals surface area contributed by atoms with Crippen LogP contribution in [0.4, 0.5) is 0 Å². The molecule has 0 aliphatic heterocycles. The van der Waals surface area contributed by atoms with E-state index in [1.165, 1.54) is 0 Å². The van der Waals surface area contributed by atoms with Gasteiger partial charge in [-0.3, -0.25) is 4.98 Å². The topological polar surface area (TPSA) is 69.1 Å². The average Bonchev–Trinajstić information content (AvgIpc) is 2.80. The van der Waals surface area contributed by atoms with Crippen LogP contribution in [0, 0.1) is 0 Å². The van der Waals surface area contributed by atoms with Crippen molar-refractivity contribution in [3.63, 3.8) is 0 Å². The number of nitrogens with zero attached hydrogens (tertiary/aromatic N) is 4. The molecule has 0 saturated heterocycles. The van der Waals surface area contributed by atoms with Gasteiger partial charge in [0.15, 0.2) is 5.65 Å². The zero-order chi connectivity index (χ0) is 12.4. The van der Waals surface area contributed by atoms with Crippen LogP contribution in [-0.2, 0) is 6.42 Å². The number of aromatic nitrogens is 4. The maximum absolute atomic E-state index is 5.68. The molecular formula is C13H13N5. The fraction of sp³-hybridized carbons (Fsp3) is 0.154. The van der Waals surface area contributed by atoms with Crippen LogP contribution >= 0.6 is 0 Å². The molecule has 0 fully saturated rings. The molecule has 0 bridgehead atoms. The van der Waals surface area contributed by atoms with E-state index in [0.29, 0.717) is 6.54 Å². The summed E-state index contributed by atoms with van der Waals surface area (Å²) in [5, 5.41) is 4.56. The molecule has 18 heavy (non-hydrogen) atoms. The highest BCUT2D eigenvalue weighted by Gasteiger charge is 2.14. The van der Waals surface area contributed by atoms with Crippen molar-refractivity contribution in [1.29, 1.82) is 0 Å². The molecule has 2 N–H and O–H groups in total. The first-order valence-corrected chi connectivity index (χ1v) is 5.83. The van der Waals surface area contributed by atoms with Crippen molar-refractivity contribution >= 4 is 5.65 Å². The Balaban J connectivity index is 2.25. The van der Waals surface area contributed by atoms with Crippen LogP contribution in [-0.4, -0.2) is 26.1 Å². The van der Waals surface area contributed by atoms with Gasteiger partial charge in [-0.2, -0.15) is 5.10 Å².